The summed E-state index contributed by atoms with van der Waals surface area (Å²) in [5, 5.41) is 9.07. The van der Waals surface area contributed by atoms with Gasteiger partial charge in [-0.25, -0.2) is 9.18 Å². The van der Waals surface area contributed by atoms with Crippen LogP contribution in [-0.2, 0) is 6.18 Å². The van der Waals surface area contributed by atoms with E-state index in [9.17, 15) is 22.4 Å². The van der Waals surface area contributed by atoms with Crippen molar-refractivity contribution in [3.63, 3.8) is 0 Å². The van der Waals surface area contributed by atoms with E-state index in [0.717, 1.165) is 18.2 Å². The fraction of sp³-hybridized carbons (Fsp3) is 0.0870. The summed E-state index contributed by atoms with van der Waals surface area (Å²) >= 11 is 0. The fourth-order valence-corrected chi connectivity index (χ4v) is 2.60. The average Bonchev–Trinajstić information content (AvgIpc) is 2.73. The maximum absolute atomic E-state index is 13.6. The Morgan fingerprint density at radius 2 is 1.71 bits per heavy atom. The number of hydrogen-bond donors (Lipinski definition) is 1. The molecular weight excluding hydrogens is 416 g/mol. The topological polar surface area (TPSA) is 55.8 Å². The number of halogens is 4. The second-order valence-electron chi connectivity index (χ2n) is 6.36. The zero-order valence-corrected chi connectivity index (χ0v) is 15.9. The first kappa shape index (κ1) is 21.9. The van der Waals surface area contributed by atoms with Gasteiger partial charge < -0.3 is 14.6 Å². The maximum atomic E-state index is 13.6. The SMILES string of the molecule is O=C(O)c1cccc(Oc2ccc(F)cc2OCC=Cc2ccc(C(F)(F)F)cc2)c1. The summed E-state index contributed by atoms with van der Waals surface area (Å²) in [4.78, 5) is 11.1. The molecule has 0 fully saturated rings. The zero-order valence-electron chi connectivity index (χ0n) is 15.9. The van der Waals surface area contributed by atoms with Crippen molar-refractivity contribution in [3.05, 3.63) is 95.3 Å². The highest BCUT2D eigenvalue weighted by Crippen LogP contribution is 2.33. The van der Waals surface area contributed by atoms with Gasteiger partial charge in [0.25, 0.3) is 0 Å². The molecule has 0 aliphatic carbocycles. The van der Waals surface area contributed by atoms with E-state index >= 15 is 0 Å². The van der Waals surface area contributed by atoms with Crippen molar-refractivity contribution in [1.29, 1.82) is 0 Å². The van der Waals surface area contributed by atoms with Gasteiger partial charge in [-0.15, -0.1) is 0 Å². The number of carboxylic acids is 1. The number of carboxylic acid groups (broad SMARTS) is 1. The Balaban J connectivity index is 1.68. The summed E-state index contributed by atoms with van der Waals surface area (Å²) in [7, 11) is 0. The van der Waals surface area contributed by atoms with Crippen LogP contribution < -0.4 is 9.47 Å². The molecule has 0 radical (unpaired) electrons. The van der Waals surface area contributed by atoms with Crippen LogP contribution in [0.15, 0.2) is 72.8 Å². The van der Waals surface area contributed by atoms with Crippen molar-refractivity contribution in [3.8, 4) is 17.2 Å². The molecule has 0 saturated carbocycles. The van der Waals surface area contributed by atoms with E-state index in [1.807, 2.05) is 0 Å². The molecule has 1 N–H and O–H groups in total. The van der Waals surface area contributed by atoms with Gasteiger partial charge in [-0.2, -0.15) is 13.2 Å². The van der Waals surface area contributed by atoms with Gasteiger partial charge in [0, 0.05) is 6.07 Å². The first-order chi connectivity index (χ1) is 14.7. The number of carbonyl (C=O) groups is 1. The van der Waals surface area contributed by atoms with E-state index in [1.165, 1.54) is 42.5 Å². The van der Waals surface area contributed by atoms with Gasteiger partial charge in [0.2, 0.25) is 0 Å². The molecule has 160 valence electrons. The van der Waals surface area contributed by atoms with Crippen LogP contribution in [0.4, 0.5) is 17.6 Å². The van der Waals surface area contributed by atoms with E-state index in [1.54, 1.807) is 18.2 Å². The first-order valence-electron chi connectivity index (χ1n) is 9.00. The van der Waals surface area contributed by atoms with Crippen LogP contribution in [0.2, 0.25) is 0 Å². The fourth-order valence-electron chi connectivity index (χ4n) is 2.60. The molecule has 31 heavy (non-hydrogen) atoms. The largest absolute Gasteiger partial charge is 0.486 e. The Kier molecular flexibility index (Phi) is 6.59. The van der Waals surface area contributed by atoms with Gasteiger partial charge in [0.1, 0.15) is 18.2 Å². The van der Waals surface area contributed by atoms with Crippen LogP contribution in [-0.4, -0.2) is 17.7 Å². The second kappa shape index (κ2) is 9.34. The highest BCUT2D eigenvalue weighted by atomic mass is 19.4. The lowest BCUT2D eigenvalue weighted by molar-refractivity contribution is -0.137. The predicted octanol–water partition coefficient (Wildman–Crippen LogP) is 6.43. The summed E-state index contributed by atoms with van der Waals surface area (Å²) in [6.07, 6.45) is -1.28. The molecule has 3 rings (SSSR count). The van der Waals surface area contributed by atoms with E-state index in [-0.39, 0.29) is 29.4 Å². The Labute approximate surface area is 175 Å². The van der Waals surface area contributed by atoms with Crippen LogP contribution >= 0.6 is 0 Å². The molecule has 0 aromatic heterocycles. The van der Waals surface area contributed by atoms with Gasteiger partial charge in [0.05, 0.1) is 11.1 Å². The van der Waals surface area contributed by atoms with Gasteiger partial charge in [-0.3, -0.25) is 0 Å². The molecule has 4 nitrogen and oxygen atoms in total. The van der Waals surface area contributed by atoms with Crippen molar-refractivity contribution in [2.24, 2.45) is 0 Å². The molecule has 3 aromatic carbocycles. The lowest BCUT2D eigenvalue weighted by Crippen LogP contribution is -2.04. The van der Waals surface area contributed by atoms with E-state index in [0.29, 0.717) is 5.56 Å². The quantitative estimate of drug-likeness (QED) is 0.438. The van der Waals surface area contributed by atoms with Crippen molar-refractivity contribution >= 4 is 12.0 Å². The second-order valence-corrected chi connectivity index (χ2v) is 6.36. The smallest absolute Gasteiger partial charge is 0.416 e. The lowest BCUT2D eigenvalue weighted by Gasteiger charge is -2.12. The molecule has 0 atom stereocenters. The van der Waals surface area contributed by atoms with Crippen LogP contribution in [0, 0.1) is 5.82 Å². The van der Waals surface area contributed by atoms with Gasteiger partial charge >= 0.3 is 12.1 Å². The molecule has 0 spiro atoms. The molecule has 0 unspecified atom stereocenters. The summed E-state index contributed by atoms with van der Waals surface area (Å²) in [5.74, 6) is -1.19. The van der Waals surface area contributed by atoms with Gasteiger partial charge in [-0.1, -0.05) is 24.3 Å². The molecule has 8 heteroatoms. The average molecular weight is 432 g/mol. The third kappa shape index (κ3) is 6.08. The van der Waals surface area contributed by atoms with E-state index in [2.05, 4.69) is 0 Å². The van der Waals surface area contributed by atoms with Crippen LogP contribution in [0.1, 0.15) is 21.5 Å². The van der Waals surface area contributed by atoms with Crippen LogP contribution in [0.3, 0.4) is 0 Å². The highest BCUT2D eigenvalue weighted by molar-refractivity contribution is 5.88. The van der Waals surface area contributed by atoms with Crippen molar-refractivity contribution in [2.45, 2.75) is 6.18 Å². The van der Waals surface area contributed by atoms with Crippen molar-refractivity contribution in [1.82, 2.24) is 0 Å². The Morgan fingerprint density at radius 1 is 0.968 bits per heavy atom. The first-order valence-corrected chi connectivity index (χ1v) is 9.00. The minimum Gasteiger partial charge on any atom is -0.486 e. The lowest BCUT2D eigenvalue weighted by atomic mass is 10.1. The molecule has 0 amide bonds. The number of alkyl halides is 3. The van der Waals surface area contributed by atoms with E-state index < -0.39 is 23.5 Å². The van der Waals surface area contributed by atoms with Gasteiger partial charge in [0.15, 0.2) is 11.5 Å². The Hall–Kier alpha value is -3.81. The molecule has 0 saturated heterocycles. The van der Waals surface area contributed by atoms with Crippen LogP contribution in [0.25, 0.3) is 6.08 Å². The molecular formula is C23H16F4O4. The van der Waals surface area contributed by atoms with Crippen LogP contribution in [0.5, 0.6) is 17.2 Å². The molecule has 0 heterocycles. The third-order valence-electron chi connectivity index (χ3n) is 4.10. The minimum atomic E-state index is -4.40. The van der Waals surface area contributed by atoms with Gasteiger partial charge in [-0.05, 0) is 54.1 Å². The standard InChI is InChI=1S/C23H16F4O4/c24-18-10-11-20(31-19-5-1-4-16(13-19)22(28)29)21(14-18)30-12-2-3-15-6-8-17(9-7-15)23(25,26)27/h1-11,13-14H,12H2,(H,28,29). The Bertz CT molecular complexity index is 1090. The predicted molar refractivity (Wildman–Crippen MR) is 106 cm³/mol. The monoisotopic (exact) mass is 432 g/mol. The zero-order chi connectivity index (χ0) is 22.4. The third-order valence-corrected chi connectivity index (χ3v) is 4.10. The molecule has 0 bridgehead atoms. The van der Waals surface area contributed by atoms with Crippen molar-refractivity contribution in [2.75, 3.05) is 6.61 Å². The summed E-state index contributed by atoms with van der Waals surface area (Å²) < 4.78 is 62.6. The summed E-state index contributed by atoms with van der Waals surface area (Å²) in [5.41, 5.74) is -0.172. The molecule has 0 aliphatic heterocycles. The Morgan fingerprint density at radius 3 is 2.39 bits per heavy atom. The number of rotatable bonds is 7. The number of benzene rings is 3. The number of aromatic carboxylic acids is 1. The number of ether oxygens (including phenoxy) is 2. The summed E-state index contributed by atoms with van der Waals surface area (Å²) in [6, 6.07) is 14.0. The summed E-state index contributed by atoms with van der Waals surface area (Å²) in [6.45, 7) is -0.00397. The molecule has 0 aliphatic rings. The van der Waals surface area contributed by atoms with E-state index in [4.69, 9.17) is 14.6 Å². The normalized spacial score (nSPS) is 11.5. The van der Waals surface area contributed by atoms with Crippen molar-refractivity contribution < 1.29 is 36.9 Å². The highest BCUT2D eigenvalue weighted by Gasteiger charge is 2.29. The minimum absolute atomic E-state index is 0.00397. The molecule has 3 aromatic rings. The number of hydrogen-bond acceptors (Lipinski definition) is 3. The maximum Gasteiger partial charge on any atom is 0.416 e.